The fraction of sp³-hybridized carbons (Fsp3) is 0.500. The molecule has 0 heterocycles. The molecule has 2 rings (SSSR count). The van der Waals surface area contributed by atoms with Crippen molar-refractivity contribution in [2.75, 3.05) is 0 Å². The third kappa shape index (κ3) is 2.10. The van der Waals surface area contributed by atoms with Gasteiger partial charge in [0.25, 0.3) is 0 Å². The van der Waals surface area contributed by atoms with E-state index in [1.165, 1.54) is 36.8 Å². The summed E-state index contributed by atoms with van der Waals surface area (Å²) in [4.78, 5) is 0. The molecule has 1 aromatic carbocycles. The van der Waals surface area contributed by atoms with Gasteiger partial charge in [-0.1, -0.05) is 30.7 Å². The van der Waals surface area contributed by atoms with E-state index in [9.17, 15) is 0 Å². The summed E-state index contributed by atoms with van der Waals surface area (Å²) in [7, 11) is 0. The molecule has 1 heteroatoms. The number of rotatable bonds is 0. The minimum absolute atomic E-state index is 0.376. The summed E-state index contributed by atoms with van der Waals surface area (Å²) in [5.74, 6) is 0. The lowest BCUT2D eigenvalue weighted by Gasteiger charge is -2.18. The van der Waals surface area contributed by atoms with Crippen LogP contribution in [0.15, 0.2) is 24.3 Å². The van der Waals surface area contributed by atoms with Crippen molar-refractivity contribution in [2.45, 2.75) is 38.1 Å². The molecule has 1 unspecified atom stereocenters. The summed E-state index contributed by atoms with van der Waals surface area (Å²) in [6.07, 6.45) is 6.08. The Balaban J connectivity index is 2.25. The second-order valence-electron chi connectivity index (χ2n) is 3.98. The lowest BCUT2D eigenvalue weighted by molar-refractivity contribution is 0.543. The summed E-state index contributed by atoms with van der Waals surface area (Å²) in [5, 5.41) is 0. The van der Waals surface area contributed by atoms with Crippen LogP contribution in [0.3, 0.4) is 0 Å². The zero-order valence-electron chi connectivity index (χ0n) is 8.00. The van der Waals surface area contributed by atoms with Gasteiger partial charge in [-0.25, -0.2) is 0 Å². The molecule has 2 N–H and O–H groups in total. The second kappa shape index (κ2) is 3.93. The van der Waals surface area contributed by atoms with E-state index < -0.39 is 0 Å². The molecule has 0 spiro atoms. The van der Waals surface area contributed by atoms with E-state index in [0.29, 0.717) is 6.04 Å². The Kier molecular flexibility index (Phi) is 2.65. The van der Waals surface area contributed by atoms with Gasteiger partial charge in [0.05, 0.1) is 0 Å². The van der Waals surface area contributed by atoms with Gasteiger partial charge in [-0.05, 0) is 36.8 Å². The molecule has 1 atom stereocenters. The maximum Gasteiger partial charge on any atom is 0.00794 e. The SMILES string of the molecule is NC1CCCCc2ccccc2C1. The molecular formula is C12H17N. The molecule has 0 aliphatic heterocycles. The monoisotopic (exact) mass is 175 g/mol. The third-order valence-corrected chi connectivity index (χ3v) is 2.87. The van der Waals surface area contributed by atoms with Crippen molar-refractivity contribution in [1.29, 1.82) is 0 Å². The highest BCUT2D eigenvalue weighted by molar-refractivity contribution is 5.28. The molecule has 70 valence electrons. The van der Waals surface area contributed by atoms with Gasteiger partial charge >= 0.3 is 0 Å². The molecule has 0 fully saturated rings. The summed E-state index contributed by atoms with van der Waals surface area (Å²) < 4.78 is 0. The molecule has 0 saturated heterocycles. The van der Waals surface area contributed by atoms with E-state index in [1.54, 1.807) is 0 Å². The van der Waals surface area contributed by atoms with Crippen LogP contribution in [0.4, 0.5) is 0 Å². The van der Waals surface area contributed by atoms with Gasteiger partial charge < -0.3 is 5.73 Å². The van der Waals surface area contributed by atoms with Crippen LogP contribution >= 0.6 is 0 Å². The Morgan fingerprint density at radius 1 is 1.08 bits per heavy atom. The van der Waals surface area contributed by atoms with Crippen LogP contribution in [-0.2, 0) is 12.8 Å². The number of fused-ring (bicyclic) bond motifs is 1. The van der Waals surface area contributed by atoms with Gasteiger partial charge in [0.2, 0.25) is 0 Å². The summed E-state index contributed by atoms with van der Waals surface area (Å²) in [6, 6.07) is 9.09. The first-order valence-corrected chi connectivity index (χ1v) is 5.18. The van der Waals surface area contributed by atoms with E-state index >= 15 is 0 Å². The van der Waals surface area contributed by atoms with Gasteiger partial charge in [-0.2, -0.15) is 0 Å². The van der Waals surface area contributed by atoms with Crippen molar-refractivity contribution >= 4 is 0 Å². The number of benzene rings is 1. The van der Waals surface area contributed by atoms with Crippen molar-refractivity contribution in [3.8, 4) is 0 Å². The van der Waals surface area contributed by atoms with Crippen molar-refractivity contribution in [2.24, 2.45) is 5.73 Å². The minimum Gasteiger partial charge on any atom is -0.327 e. The largest absolute Gasteiger partial charge is 0.327 e. The van der Waals surface area contributed by atoms with Crippen molar-refractivity contribution in [3.63, 3.8) is 0 Å². The highest BCUT2D eigenvalue weighted by Crippen LogP contribution is 2.18. The lowest BCUT2D eigenvalue weighted by Crippen LogP contribution is -2.24. The summed E-state index contributed by atoms with van der Waals surface area (Å²) in [5.41, 5.74) is 9.00. The fourth-order valence-corrected chi connectivity index (χ4v) is 2.11. The minimum atomic E-state index is 0.376. The van der Waals surface area contributed by atoms with Gasteiger partial charge in [0.15, 0.2) is 0 Å². The van der Waals surface area contributed by atoms with Gasteiger partial charge in [-0.15, -0.1) is 0 Å². The van der Waals surface area contributed by atoms with E-state index in [4.69, 9.17) is 5.73 Å². The van der Waals surface area contributed by atoms with Gasteiger partial charge in [0.1, 0.15) is 0 Å². The van der Waals surface area contributed by atoms with Gasteiger partial charge in [0, 0.05) is 6.04 Å². The predicted octanol–water partition coefficient (Wildman–Crippen LogP) is 2.28. The van der Waals surface area contributed by atoms with Crippen molar-refractivity contribution in [1.82, 2.24) is 0 Å². The summed E-state index contributed by atoms with van der Waals surface area (Å²) >= 11 is 0. The topological polar surface area (TPSA) is 26.0 Å². The highest BCUT2D eigenvalue weighted by atomic mass is 14.6. The van der Waals surface area contributed by atoms with E-state index in [1.807, 2.05) is 0 Å². The molecule has 1 nitrogen and oxygen atoms in total. The van der Waals surface area contributed by atoms with Crippen LogP contribution in [0.25, 0.3) is 0 Å². The van der Waals surface area contributed by atoms with Crippen LogP contribution < -0.4 is 5.73 Å². The Hall–Kier alpha value is -0.820. The molecule has 0 bridgehead atoms. The molecule has 1 aromatic rings. The zero-order valence-corrected chi connectivity index (χ0v) is 8.00. The van der Waals surface area contributed by atoms with Crippen molar-refractivity contribution < 1.29 is 0 Å². The molecular weight excluding hydrogens is 158 g/mol. The first kappa shape index (κ1) is 8.76. The number of nitrogens with two attached hydrogens (primary N) is 1. The van der Waals surface area contributed by atoms with Crippen LogP contribution in [0.1, 0.15) is 30.4 Å². The smallest absolute Gasteiger partial charge is 0.00794 e. The van der Waals surface area contributed by atoms with E-state index in [2.05, 4.69) is 24.3 Å². The molecule has 1 aliphatic carbocycles. The van der Waals surface area contributed by atoms with E-state index in [-0.39, 0.29) is 0 Å². The first-order valence-electron chi connectivity index (χ1n) is 5.18. The molecule has 0 saturated carbocycles. The Bertz CT molecular complexity index is 280. The molecule has 0 amide bonds. The molecule has 0 aromatic heterocycles. The standard InChI is InChI=1S/C12H17N/c13-12-8-4-3-6-10-5-1-2-7-11(10)9-12/h1-2,5,7,12H,3-4,6,8-9,13H2. The Labute approximate surface area is 80.0 Å². The fourth-order valence-electron chi connectivity index (χ4n) is 2.11. The number of hydrogen-bond acceptors (Lipinski definition) is 1. The Morgan fingerprint density at radius 2 is 1.85 bits per heavy atom. The quantitative estimate of drug-likeness (QED) is 0.643. The predicted molar refractivity (Wildman–Crippen MR) is 55.7 cm³/mol. The number of hydrogen-bond donors (Lipinski definition) is 1. The Morgan fingerprint density at radius 3 is 2.69 bits per heavy atom. The first-order chi connectivity index (χ1) is 6.36. The number of aryl methyl sites for hydroxylation is 1. The zero-order chi connectivity index (χ0) is 9.10. The van der Waals surface area contributed by atoms with E-state index in [0.717, 1.165) is 6.42 Å². The average Bonchev–Trinajstić information content (AvgIpc) is 2.11. The highest BCUT2D eigenvalue weighted by Gasteiger charge is 2.10. The van der Waals surface area contributed by atoms with Crippen LogP contribution in [0.5, 0.6) is 0 Å². The normalized spacial score (nSPS) is 23.0. The van der Waals surface area contributed by atoms with Crippen LogP contribution in [0.2, 0.25) is 0 Å². The average molecular weight is 175 g/mol. The lowest BCUT2D eigenvalue weighted by atomic mass is 9.91. The van der Waals surface area contributed by atoms with Crippen LogP contribution in [-0.4, -0.2) is 6.04 Å². The molecule has 1 aliphatic rings. The maximum atomic E-state index is 6.02. The molecule has 0 radical (unpaired) electrons. The van der Waals surface area contributed by atoms with Gasteiger partial charge in [-0.3, -0.25) is 0 Å². The maximum absolute atomic E-state index is 6.02. The van der Waals surface area contributed by atoms with Crippen molar-refractivity contribution in [3.05, 3.63) is 35.4 Å². The van der Waals surface area contributed by atoms with Crippen LogP contribution in [0, 0.1) is 0 Å². The molecule has 13 heavy (non-hydrogen) atoms. The third-order valence-electron chi connectivity index (χ3n) is 2.87. The summed E-state index contributed by atoms with van der Waals surface area (Å²) in [6.45, 7) is 0. The second-order valence-corrected chi connectivity index (χ2v) is 3.98.